The maximum absolute atomic E-state index is 12.5. The summed E-state index contributed by atoms with van der Waals surface area (Å²) < 4.78 is 10.6. The number of carbonyl (C=O) groups is 1. The van der Waals surface area contributed by atoms with Crippen molar-refractivity contribution in [1.29, 1.82) is 0 Å². The summed E-state index contributed by atoms with van der Waals surface area (Å²) in [5.41, 5.74) is 1.51. The largest absolute Gasteiger partial charge is 0.493 e. The molecule has 0 aliphatic carbocycles. The summed E-state index contributed by atoms with van der Waals surface area (Å²) in [5.74, 6) is 1.77. The maximum Gasteiger partial charge on any atom is 0.321 e. The predicted octanol–water partition coefficient (Wildman–Crippen LogP) is 3.88. The lowest BCUT2D eigenvalue weighted by Crippen LogP contribution is -2.41. The molecule has 1 fully saturated rings. The fraction of sp³-hybridized carbons (Fsp3) is 0.333. The molecule has 0 unspecified atom stereocenters. The highest BCUT2D eigenvalue weighted by molar-refractivity contribution is 6.30. The Morgan fingerprint density at radius 1 is 1.06 bits per heavy atom. The van der Waals surface area contributed by atoms with Gasteiger partial charge in [-0.25, -0.2) is 4.79 Å². The van der Waals surface area contributed by atoms with Gasteiger partial charge in [0, 0.05) is 29.4 Å². The summed E-state index contributed by atoms with van der Waals surface area (Å²) in [6.45, 7) is 1.22. The number of nitrogens with one attached hydrogen (secondary N) is 1. The molecule has 2 aromatic carbocycles. The SMILES string of the molecule is COc1ccc(-c2nnn(C3CCN(C(=O)Nc4ccc(Cl)cc4)CC3)n2)cc1OC. The molecule has 2 amide bonds. The zero-order valence-corrected chi connectivity index (χ0v) is 18.0. The van der Waals surface area contributed by atoms with Crippen molar-refractivity contribution in [3.05, 3.63) is 47.5 Å². The highest BCUT2D eigenvalue weighted by Crippen LogP contribution is 2.31. The third kappa shape index (κ3) is 4.72. The van der Waals surface area contributed by atoms with E-state index < -0.39 is 0 Å². The molecular formula is C21H23ClN6O3. The molecule has 0 saturated carbocycles. The highest BCUT2D eigenvalue weighted by atomic mass is 35.5. The van der Waals surface area contributed by atoms with Gasteiger partial charge in [-0.15, -0.1) is 10.2 Å². The lowest BCUT2D eigenvalue weighted by molar-refractivity contribution is 0.175. The molecule has 1 N–H and O–H groups in total. The van der Waals surface area contributed by atoms with E-state index in [0.717, 1.165) is 18.4 Å². The van der Waals surface area contributed by atoms with Gasteiger partial charge in [0.05, 0.1) is 20.3 Å². The average molecular weight is 443 g/mol. The molecule has 1 saturated heterocycles. The Hall–Kier alpha value is -3.33. The van der Waals surface area contributed by atoms with Crippen molar-refractivity contribution in [3.8, 4) is 22.9 Å². The quantitative estimate of drug-likeness (QED) is 0.644. The fourth-order valence-corrected chi connectivity index (χ4v) is 3.63. The number of urea groups is 1. The van der Waals surface area contributed by atoms with Crippen LogP contribution in [0.5, 0.6) is 11.5 Å². The van der Waals surface area contributed by atoms with Crippen molar-refractivity contribution in [2.45, 2.75) is 18.9 Å². The van der Waals surface area contributed by atoms with Gasteiger partial charge in [0.1, 0.15) is 0 Å². The van der Waals surface area contributed by atoms with Crippen molar-refractivity contribution >= 4 is 23.3 Å². The maximum atomic E-state index is 12.5. The number of hydrogen-bond acceptors (Lipinski definition) is 6. The van der Waals surface area contributed by atoms with E-state index in [0.29, 0.717) is 41.1 Å². The lowest BCUT2D eigenvalue weighted by atomic mass is 10.1. The van der Waals surface area contributed by atoms with Crippen molar-refractivity contribution in [1.82, 2.24) is 25.1 Å². The monoisotopic (exact) mass is 442 g/mol. The molecule has 0 radical (unpaired) electrons. The average Bonchev–Trinajstić information content (AvgIpc) is 3.30. The number of rotatable bonds is 5. The van der Waals surface area contributed by atoms with Crippen LogP contribution in [-0.2, 0) is 0 Å². The van der Waals surface area contributed by atoms with Gasteiger partial charge in [-0.05, 0) is 60.5 Å². The molecule has 1 aliphatic rings. The van der Waals surface area contributed by atoms with Gasteiger partial charge in [0.2, 0.25) is 5.82 Å². The molecule has 3 aromatic rings. The number of halogens is 1. The first kappa shape index (κ1) is 20.9. The smallest absolute Gasteiger partial charge is 0.321 e. The first-order chi connectivity index (χ1) is 15.1. The van der Waals surface area contributed by atoms with E-state index in [1.807, 2.05) is 18.2 Å². The van der Waals surface area contributed by atoms with Crippen molar-refractivity contribution in [3.63, 3.8) is 0 Å². The number of anilines is 1. The fourth-order valence-electron chi connectivity index (χ4n) is 3.51. The van der Waals surface area contributed by atoms with Crippen LogP contribution in [0.3, 0.4) is 0 Å². The molecule has 0 spiro atoms. The van der Waals surface area contributed by atoms with Gasteiger partial charge < -0.3 is 19.7 Å². The van der Waals surface area contributed by atoms with Crippen molar-refractivity contribution < 1.29 is 14.3 Å². The number of methoxy groups -OCH3 is 2. The van der Waals surface area contributed by atoms with Gasteiger partial charge in [-0.3, -0.25) is 0 Å². The van der Waals surface area contributed by atoms with E-state index in [9.17, 15) is 4.79 Å². The topological polar surface area (TPSA) is 94.4 Å². The van der Waals surface area contributed by atoms with E-state index in [1.54, 1.807) is 48.2 Å². The number of ether oxygens (including phenoxy) is 2. The Balaban J connectivity index is 1.37. The molecule has 31 heavy (non-hydrogen) atoms. The number of tetrazole rings is 1. The minimum Gasteiger partial charge on any atom is -0.493 e. The number of hydrogen-bond donors (Lipinski definition) is 1. The second-order valence-corrected chi connectivity index (χ2v) is 7.59. The Morgan fingerprint density at radius 2 is 1.77 bits per heavy atom. The summed E-state index contributed by atoms with van der Waals surface area (Å²) in [5, 5.41) is 16.5. The predicted molar refractivity (Wildman–Crippen MR) is 117 cm³/mol. The number of piperidine rings is 1. The Morgan fingerprint density at radius 3 is 2.45 bits per heavy atom. The van der Waals surface area contributed by atoms with Gasteiger partial charge >= 0.3 is 6.03 Å². The van der Waals surface area contributed by atoms with Crippen LogP contribution in [0.2, 0.25) is 5.02 Å². The Kier molecular flexibility index (Phi) is 6.22. The summed E-state index contributed by atoms with van der Waals surface area (Å²) in [7, 11) is 3.18. The summed E-state index contributed by atoms with van der Waals surface area (Å²) in [4.78, 5) is 15.9. The molecule has 0 bridgehead atoms. The van der Waals surface area contributed by atoms with Crippen LogP contribution in [0.4, 0.5) is 10.5 Å². The standard InChI is InChI=1S/C21H23ClN6O3/c1-30-18-8-3-14(13-19(18)31-2)20-24-26-28(25-20)17-9-11-27(12-10-17)21(29)23-16-6-4-15(22)5-7-16/h3-8,13,17H,9-12H2,1-2H3,(H,23,29). The van der Waals surface area contributed by atoms with E-state index >= 15 is 0 Å². The van der Waals surface area contributed by atoms with E-state index in [1.165, 1.54) is 0 Å². The minimum absolute atomic E-state index is 0.0842. The van der Waals surface area contributed by atoms with Crippen molar-refractivity contribution in [2.75, 3.05) is 32.6 Å². The molecular weight excluding hydrogens is 420 g/mol. The molecule has 1 aromatic heterocycles. The number of nitrogens with zero attached hydrogens (tertiary/aromatic N) is 5. The van der Waals surface area contributed by atoms with Crippen LogP contribution >= 0.6 is 11.6 Å². The number of likely N-dealkylation sites (tertiary alicyclic amines) is 1. The first-order valence-corrected chi connectivity index (χ1v) is 10.3. The van der Waals surface area contributed by atoms with Gasteiger partial charge in [-0.2, -0.15) is 4.80 Å². The molecule has 1 aliphatic heterocycles. The van der Waals surface area contributed by atoms with Crippen LogP contribution in [0, 0.1) is 0 Å². The number of amides is 2. The third-order valence-electron chi connectivity index (χ3n) is 5.24. The second-order valence-electron chi connectivity index (χ2n) is 7.16. The molecule has 162 valence electrons. The number of benzene rings is 2. The molecule has 0 atom stereocenters. The lowest BCUT2D eigenvalue weighted by Gasteiger charge is -2.31. The minimum atomic E-state index is -0.127. The highest BCUT2D eigenvalue weighted by Gasteiger charge is 2.26. The van der Waals surface area contributed by atoms with Crippen LogP contribution in [-0.4, -0.2) is 58.4 Å². The third-order valence-corrected chi connectivity index (χ3v) is 5.50. The zero-order chi connectivity index (χ0) is 21.8. The molecule has 2 heterocycles. The van der Waals surface area contributed by atoms with Gasteiger partial charge in [0.25, 0.3) is 0 Å². The van der Waals surface area contributed by atoms with Crippen LogP contribution in [0.1, 0.15) is 18.9 Å². The molecule has 4 rings (SSSR count). The van der Waals surface area contributed by atoms with Crippen molar-refractivity contribution in [2.24, 2.45) is 0 Å². The normalized spacial score (nSPS) is 14.4. The molecule has 9 nitrogen and oxygen atoms in total. The van der Waals surface area contributed by atoms with Crippen LogP contribution < -0.4 is 14.8 Å². The van der Waals surface area contributed by atoms with E-state index in [4.69, 9.17) is 21.1 Å². The van der Waals surface area contributed by atoms with E-state index in [2.05, 4.69) is 20.7 Å². The number of carbonyl (C=O) groups excluding carboxylic acids is 1. The Labute approximate surface area is 184 Å². The number of aromatic nitrogens is 4. The Bertz CT molecular complexity index is 1050. The van der Waals surface area contributed by atoms with Crippen LogP contribution in [0.25, 0.3) is 11.4 Å². The summed E-state index contributed by atoms with van der Waals surface area (Å²) in [6.07, 6.45) is 1.49. The van der Waals surface area contributed by atoms with Gasteiger partial charge in [-0.1, -0.05) is 11.6 Å². The summed E-state index contributed by atoms with van der Waals surface area (Å²) >= 11 is 5.89. The second kappa shape index (κ2) is 9.22. The first-order valence-electron chi connectivity index (χ1n) is 9.91. The zero-order valence-electron chi connectivity index (χ0n) is 17.3. The van der Waals surface area contributed by atoms with Gasteiger partial charge in [0.15, 0.2) is 11.5 Å². The molecule has 10 heteroatoms. The van der Waals surface area contributed by atoms with E-state index in [-0.39, 0.29) is 12.1 Å². The summed E-state index contributed by atoms with van der Waals surface area (Å²) in [6, 6.07) is 12.5. The van der Waals surface area contributed by atoms with Crippen LogP contribution in [0.15, 0.2) is 42.5 Å².